The Balaban J connectivity index is 1.81. The van der Waals surface area contributed by atoms with Crippen molar-refractivity contribution in [2.45, 2.75) is 43.2 Å². The summed E-state index contributed by atoms with van der Waals surface area (Å²) in [6.45, 7) is 2.92. The number of imidazole rings is 1. The fourth-order valence-corrected chi connectivity index (χ4v) is 7.34. The molecule has 3 N–H and O–H groups in total. The highest BCUT2D eigenvalue weighted by Crippen LogP contribution is 2.33. The summed E-state index contributed by atoms with van der Waals surface area (Å²) in [5.41, 5.74) is -1.51. The van der Waals surface area contributed by atoms with Crippen LogP contribution in [0.2, 0.25) is 4.34 Å². The van der Waals surface area contributed by atoms with Crippen molar-refractivity contribution in [1.29, 1.82) is 0 Å². The topological polar surface area (TPSA) is 160 Å². The number of amides is 2. The number of anilines is 1. The number of benzene rings is 1. The highest BCUT2D eigenvalue weighted by atomic mass is 35.5. The van der Waals surface area contributed by atoms with Crippen molar-refractivity contribution >= 4 is 56.4 Å². The molecule has 0 spiro atoms. The smallest absolute Gasteiger partial charge is 0.337 e. The van der Waals surface area contributed by atoms with Crippen LogP contribution < -0.4 is 14.9 Å². The summed E-state index contributed by atoms with van der Waals surface area (Å²) >= 11 is 6.99. The van der Waals surface area contributed by atoms with Crippen molar-refractivity contribution in [2.24, 2.45) is 7.05 Å². The Morgan fingerprint density at radius 3 is 2.59 bits per heavy atom. The van der Waals surface area contributed by atoms with Gasteiger partial charge in [-0.05, 0) is 43.2 Å². The summed E-state index contributed by atoms with van der Waals surface area (Å²) in [7, 11) is -2.96. The average molecular weight is 624 g/mol. The van der Waals surface area contributed by atoms with Gasteiger partial charge < -0.3 is 24.6 Å². The van der Waals surface area contributed by atoms with E-state index in [-0.39, 0.29) is 41.6 Å². The predicted molar refractivity (Wildman–Crippen MR) is 152 cm³/mol. The SMILES string of the molecule is CCOC(=O)[C@](CNC(=O)c1ccc(Cl)s1)(NS(=O)(=O)c1cccc(N2CC[C@H](O)C2=O)c1CC)c1nccn1C. The fourth-order valence-electron chi connectivity index (χ4n) is 4.74. The van der Waals surface area contributed by atoms with E-state index in [9.17, 15) is 27.9 Å². The van der Waals surface area contributed by atoms with Crippen molar-refractivity contribution in [1.82, 2.24) is 19.6 Å². The van der Waals surface area contributed by atoms with Gasteiger partial charge in [-0.15, -0.1) is 11.3 Å². The van der Waals surface area contributed by atoms with Gasteiger partial charge >= 0.3 is 5.97 Å². The number of sulfonamides is 1. The van der Waals surface area contributed by atoms with Gasteiger partial charge in [0, 0.05) is 38.1 Å². The summed E-state index contributed by atoms with van der Waals surface area (Å²) in [4.78, 5) is 44.8. The number of halogens is 1. The first-order chi connectivity index (χ1) is 19.4. The molecule has 2 aromatic heterocycles. The number of nitrogens with zero attached hydrogens (tertiary/aromatic N) is 3. The molecular formula is C26H30ClN5O7S2. The zero-order chi connectivity index (χ0) is 29.9. The van der Waals surface area contributed by atoms with Crippen LogP contribution in [-0.2, 0) is 43.4 Å². The molecule has 12 nitrogen and oxygen atoms in total. The van der Waals surface area contributed by atoms with Gasteiger partial charge in [-0.25, -0.2) is 18.2 Å². The lowest BCUT2D eigenvalue weighted by molar-refractivity contribution is -0.151. The quantitative estimate of drug-likeness (QED) is 0.273. The molecule has 41 heavy (non-hydrogen) atoms. The molecule has 2 amide bonds. The van der Waals surface area contributed by atoms with Crippen molar-refractivity contribution in [3.05, 3.63) is 63.3 Å². The van der Waals surface area contributed by atoms with E-state index in [0.29, 0.717) is 15.6 Å². The number of aromatic nitrogens is 2. The van der Waals surface area contributed by atoms with Crippen LogP contribution in [0.1, 0.15) is 41.3 Å². The minimum absolute atomic E-state index is 0.0175. The van der Waals surface area contributed by atoms with E-state index in [1.54, 1.807) is 33.0 Å². The van der Waals surface area contributed by atoms with E-state index in [1.165, 1.54) is 40.1 Å². The van der Waals surface area contributed by atoms with E-state index < -0.39 is 46.0 Å². The number of carbonyl (C=O) groups excluding carboxylic acids is 3. The summed E-state index contributed by atoms with van der Waals surface area (Å²) < 4.78 is 37.9. The van der Waals surface area contributed by atoms with Gasteiger partial charge in [-0.3, -0.25) is 9.59 Å². The minimum Gasteiger partial charge on any atom is -0.464 e. The van der Waals surface area contributed by atoms with Gasteiger partial charge in [0.2, 0.25) is 15.6 Å². The second-order valence-corrected chi connectivity index (χ2v) is 12.6. The van der Waals surface area contributed by atoms with Crippen molar-refractivity contribution in [2.75, 3.05) is 24.6 Å². The molecule has 3 heterocycles. The number of nitrogens with one attached hydrogen (secondary N) is 2. The molecule has 1 fully saturated rings. The molecule has 0 aliphatic carbocycles. The third-order valence-electron chi connectivity index (χ3n) is 6.67. The third kappa shape index (κ3) is 6.02. The van der Waals surface area contributed by atoms with Crippen LogP contribution in [0.4, 0.5) is 5.69 Å². The maximum absolute atomic E-state index is 14.1. The van der Waals surface area contributed by atoms with Gasteiger partial charge in [0.05, 0.1) is 27.3 Å². The van der Waals surface area contributed by atoms with Crippen LogP contribution in [0.5, 0.6) is 0 Å². The molecule has 1 aromatic carbocycles. The summed E-state index contributed by atoms with van der Waals surface area (Å²) in [5, 5.41) is 12.6. The zero-order valence-corrected chi connectivity index (χ0v) is 25.0. The summed E-state index contributed by atoms with van der Waals surface area (Å²) in [6.07, 6.45) is 2.19. The molecule has 0 radical (unpaired) electrons. The van der Waals surface area contributed by atoms with Gasteiger partial charge in [-0.2, -0.15) is 4.72 Å². The van der Waals surface area contributed by atoms with Gasteiger partial charge in [0.1, 0.15) is 11.9 Å². The van der Waals surface area contributed by atoms with E-state index in [4.69, 9.17) is 16.3 Å². The molecule has 1 aliphatic rings. The zero-order valence-electron chi connectivity index (χ0n) is 22.6. The first-order valence-corrected chi connectivity index (χ1v) is 15.5. The van der Waals surface area contributed by atoms with Crippen LogP contribution >= 0.6 is 22.9 Å². The lowest BCUT2D eigenvalue weighted by Crippen LogP contribution is -2.60. The van der Waals surface area contributed by atoms with Crippen molar-refractivity contribution in [3.63, 3.8) is 0 Å². The van der Waals surface area contributed by atoms with Crippen LogP contribution in [0, 0.1) is 0 Å². The second kappa shape index (κ2) is 12.3. The van der Waals surface area contributed by atoms with Crippen LogP contribution in [-0.4, -0.2) is 66.7 Å². The molecule has 1 saturated heterocycles. The maximum atomic E-state index is 14.1. The predicted octanol–water partition coefficient (Wildman–Crippen LogP) is 1.96. The molecule has 0 saturated carbocycles. The number of aliphatic hydroxyl groups is 1. The molecule has 1 aliphatic heterocycles. The maximum Gasteiger partial charge on any atom is 0.337 e. The second-order valence-electron chi connectivity index (χ2n) is 9.28. The lowest BCUT2D eigenvalue weighted by atomic mass is 9.99. The highest BCUT2D eigenvalue weighted by Gasteiger charge is 2.49. The van der Waals surface area contributed by atoms with E-state index >= 15 is 0 Å². The van der Waals surface area contributed by atoms with E-state index in [2.05, 4.69) is 15.0 Å². The van der Waals surface area contributed by atoms with E-state index in [0.717, 1.165) is 11.3 Å². The van der Waals surface area contributed by atoms with Crippen molar-refractivity contribution < 1.29 is 32.6 Å². The molecule has 3 aromatic rings. The summed E-state index contributed by atoms with van der Waals surface area (Å²) in [5.74, 6) is -2.09. The molecule has 4 rings (SSSR count). The molecule has 15 heteroatoms. The number of hydrogen-bond acceptors (Lipinski definition) is 9. The summed E-state index contributed by atoms with van der Waals surface area (Å²) in [6, 6.07) is 7.51. The number of thiophene rings is 1. The van der Waals surface area contributed by atoms with Crippen LogP contribution in [0.25, 0.3) is 0 Å². The number of esters is 1. The molecule has 0 bridgehead atoms. The largest absolute Gasteiger partial charge is 0.464 e. The number of aryl methyl sites for hydroxylation is 1. The number of aliphatic hydroxyl groups excluding tert-OH is 1. The highest BCUT2D eigenvalue weighted by molar-refractivity contribution is 7.89. The van der Waals surface area contributed by atoms with Gasteiger partial charge in [-0.1, -0.05) is 24.6 Å². The normalized spacial score (nSPS) is 17.0. The molecule has 220 valence electrons. The number of carbonyl (C=O) groups is 3. The monoisotopic (exact) mass is 623 g/mol. The Labute approximate surface area is 246 Å². The van der Waals surface area contributed by atoms with Crippen LogP contribution in [0.3, 0.4) is 0 Å². The first kappa shape index (κ1) is 30.7. The Morgan fingerprint density at radius 2 is 2.02 bits per heavy atom. The number of ether oxygens (including phenoxy) is 1. The Morgan fingerprint density at radius 1 is 1.27 bits per heavy atom. The Kier molecular flexibility index (Phi) is 9.19. The molecule has 2 atom stereocenters. The number of rotatable bonds is 11. The Hall–Kier alpha value is -3.30. The average Bonchev–Trinajstić information content (AvgIpc) is 3.66. The lowest BCUT2D eigenvalue weighted by Gasteiger charge is -2.32. The Bertz CT molecular complexity index is 1570. The minimum atomic E-state index is -4.53. The van der Waals surface area contributed by atoms with Gasteiger partial charge in [0.25, 0.3) is 11.8 Å². The van der Waals surface area contributed by atoms with Gasteiger partial charge in [0.15, 0.2) is 0 Å². The van der Waals surface area contributed by atoms with Crippen LogP contribution in [0.15, 0.2) is 47.6 Å². The van der Waals surface area contributed by atoms with Crippen molar-refractivity contribution in [3.8, 4) is 0 Å². The molecule has 0 unspecified atom stereocenters. The first-order valence-electron chi connectivity index (χ1n) is 12.8. The molecular weight excluding hydrogens is 594 g/mol. The number of hydrogen-bond donors (Lipinski definition) is 3. The van der Waals surface area contributed by atoms with E-state index in [1.807, 2.05) is 0 Å². The third-order valence-corrected chi connectivity index (χ3v) is 9.47. The fraction of sp³-hybridized carbons (Fsp3) is 0.385. The standard InChI is InChI=1S/C26H30ClN5O7S2/c1-4-16-17(32-13-11-18(33)23(32)35)7-6-8-20(16)41(37,38)30-26(25(36)39-5-2,24-28-12-14-31(24)3)15-29-22(34)19-9-10-21(27)40-19/h6-10,12,14,18,30,33H,4-5,11,13,15H2,1-3H3,(H,29,34)/t18-,26+/m0/s1.